The second kappa shape index (κ2) is 4.93. The van der Waals surface area contributed by atoms with Crippen LogP contribution in [0.5, 0.6) is 0 Å². The SMILES string of the molecule is Cc1cc(C(N)c2ccccc2)cnc1I. The third kappa shape index (κ3) is 2.41. The van der Waals surface area contributed by atoms with Crippen LogP contribution in [0.3, 0.4) is 0 Å². The number of hydrogen-bond donors (Lipinski definition) is 1. The molecule has 0 amide bonds. The smallest absolute Gasteiger partial charge is 0.104 e. The van der Waals surface area contributed by atoms with Crippen LogP contribution in [0.4, 0.5) is 0 Å². The van der Waals surface area contributed by atoms with Crippen molar-refractivity contribution in [2.75, 3.05) is 0 Å². The first kappa shape index (κ1) is 11.5. The number of pyridine rings is 1. The Morgan fingerprint density at radius 1 is 1.19 bits per heavy atom. The monoisotopic (exact) mass is 324 g/mol. The lowest BCUT2D eigenvalue weighted by molar-refractivity contribution is 0.858. The minimum absolute atomic E-state index is 0.0931. The van der Waals surface area contributed by atoms with Gasteiger partial charge in [0.15, 0.2) is 0 Å². The number of aromatic nitrogens is 1. The van der Waals surface area contributed by atoms with Gasteiger partial charge in [0.1, 0.15) is 3.70 Å². The molecule has 82 valence electrons. The predicted octanol–water partition coefficient (Wildman–Crippen LogP) is 3.04. The third-order valence-electron chi connectivity index (χ3n) is 2.55. The molecule has 16 heavy (non-hydrogen) atoms. The maximum atomic E-state index is 6.19. The second-order valence-electron chi connectivity index (χ2n) is 3.76. The van der Waals surface area contributed by atoms with Crippen molar-refractivity contribution in [2.45, 2.75) is 13.0 Å². The highest BCUT2D eigenvalue weighted by atomic mass is 127. The predicted molar refractivity (Wildman–Crippen MR) is 74.2 cm³/mol. The van der Waals surface area contributed by atoms with Crippen LogP contribution in [0.25, 0.3) is 0 Å². The Kier molecular flexibility index (Phi) is 3.56. The molecule has 1 atom stereocenters. The molecule has 1 aromatic heterocycles. The lowest BCUT2D eigenvalue weighted by Crippen LogP contribution is -2.12. The Morgan fingerprint density at radius 3 is 2.50 bits per heavy atom. The summed E-state index contributed by atoms with van der Waals surface area (Å²) in [6, 6.07) is 12.1. The normalized spacial score (nSPS) is 12.4. The van der Waals surface area contributed by atoms with E-state index < -0.39 is 0 Å². The molecule has 2 N–H and O–H groups in total. The van der Waals surface area contributed by atoms with E-state index in [1.807, 2.05) is 36.5 Å². The van der Waals surface area contributed by atoms with E-state index in [1.54, 1.807) is 0 Å². The summed E-state index contributed by atoms with van der Waals surface area (Å²) in [7, 11) is 0. The average Bonchev–Trinajstić information content (AvgIpc) is 2.33. The van der Waals surface area contributed by atoms with Crippen LogP contribution in [0.1, 0.15) is 22.7 Å². The van der Waals surface area contributed by atoms with E-state index >= 15 is 0 Å². The van der Waals surface area contributed by atoms with Crippen LogP contribution in [-0.4, -0.2) is 4.98 Å². The van der Waals surface area contributed by atoms with E-state index in [1.165, 1.54) is 5.56 Å². The van der Waals surface area contributed by atoms with Gasteiger partial charge in [-0.1, -0.05) is 36.4 Å². The van der Waals surface area contributed by atoms with Crippen LogP contribution < -0.4 is 5.73 Å². The van der Waals surface area contributed by atoms with Crippen molar-refractivity contribution < 1.29 is 0 Å². The van der Waals surface area contributed by atoms with Crippen LogP contribution in [0.15, 0.2) is 42.6 Å². The molecule has 0 fully saturated rings. The fraction of sp³-hybridized carbons (Fsp3) is 0.154. The number of benzene rings is 1. The molecule has 0 saturated heterocycles. The summed E-state index contributed by atoms with van der Waals surface area (Å²) in [6.07, 6.45) is 1.85. The van der Waals surface area contributed by atoms with Gasteiger partial charge in [0.2, 0.25) is 0 Å². The highest BCUT2D eigenvalue weighted by Crippen LogP contribution is 2.20. The lowest BCUT2D eigenvalue weighted by atomic mass is 10.0. The quantitative estimate of drug-likeness (QED) is 0.681. The number of nitrogens with two attached hydrogens (primary N) is 1. The van der Waals surface area contributed by atoms with Crippen molar-refractivity contribution in [1.82, 2.24) is 4.98 Å². The highest BCUT2D eigenvalue weighted by Gasteiger charge is 2.09. The molecule has 0 spiro atoms. The molecule has 2 rings (SSSR count). The van der Waals surface area contributed by atoms with Crippen molar-refractivity contribution in [3.05, 3.63) is 63.0 Å². The van der Waals surface area contributed by atoms with Crippen molar-refractivity contribution in [2.24, 2.45) is 5.73 Å². The van der Waals surface area contributed by atoms with Crippen LogP contribution >= 0.6 is 22.6 Å². The van der Waals surface area contributed by atoms with E-state index in [4.69, 9.17) is 5.73 Å². The molecule has 1 unspecified atom stereocenters. The number of aryl methyl sites for hydroxylation is 1. The van der Waals surface area contributed by atoms with Gasteiger partial charge in [0, 0.05) is 6.20 Å². The summed E-state index contributed by atoms with van der Waals surface area (Å²) in [5.74, 6) is 0. The van der Waals surface area contributed by atoms with Crippen molar-refractivity contribution in [1.29, 1.82) is 0 Å². The van der Waals surface area contributed by atoms with Gasteiger partial charge in [-0.3, -0.25) is 0 Å². The third-order valence-corrected chi connectivity index (χ3v) is 3.68. The number of rotatable bonds is 2. The first-order chi connectivity index (χ1) is 7.68. The van der Waals surface area contributed by atoms with Gasteiger partial charge in [0.05, 0.1) is 6.04 Å². The summed E-state index contributed by atoms with van der Waals surface area (Å²) in [4.78, 5) is 4.33. The zero-order valence-electron chi connectivity index (χ0n) is 9.02. The van der Waals surface area contributed by atoms with Crippen LogP contribution in [0, 0.1) is 10.6 Å². The maximum absolute atomic E-state index is 6.19. The van der Waals surface area contributed by atoms with Crippen molar-refractivity contribution in [3.8, 4) is 0 Å². The first-order valence-electron chi connectivity index (χ1n) is 5.11. The largest absolute Gasteiger partial charge is 0.320 e. The molecule has 0 bridgehead atoms. The molecule has 0 aliphatic heterocycles. The molecule has 0 aliphatic carbocycles. The molecule has 1 heterocycles. The fourth-order valence-electron chi connectivity index (χ4n) is 1.60. The molecule has 1 aromatic carbocycles. The standard InChI is InChI=1S/C13H13IN2/c1-9-7-11(8-16-13(9)14)12(15)10-5-3-2-4-6-10/h2-8,12H,15H2,1H3. The summed E-state index contributed by atoms with van der Waals surface area (Å²) < 4.78 is 1.03. The van der Waals surface area contributed by atoms with Crippen molar-refractivity contribution in [3.63, 3.8) is 0 Å². The Hall–Kier alpha value is -0.940. The van der Waals surface area contributed by atoms with E-state index in [9.17, 15) is 0 Å². The summed E-state index contributed by atoms with van der Waals surface area (Å²) in [5, 5.41) is 0. The molecule has 0 radical (unpaired) electrons. The Bertz CT molecular complexity index is 483. The number of hydrogen-bond acceptors (Lipinski definition) is 2. The minimum atomic E-state index is -0.0931. The summed E-state index contributed by atoms with van der Waals surface area (Å²) in [5.41, 5.74) is 9.54. The Morgan fingerprint density at radius 2 is 1.88 bits per heavy atom. The Labute approximate surface area is 109 Å². The van der Waals surface area contributed by atoms with E-state index in [0.29, 0.717) is 0 Å². The van der Waals surface area contributed by atoms with Gasteiger partial charge in [0.25, 0.3) is 0 Å². The lowest BCUT2D eigenvalue weighted by Gasteiger charge is -2.13. The first-order valence-corrected chi connectivity index (χ1v) is 6.19. The van der Waals surface area contributed by atoms with Crippen molar-refractivity contribution >= 4 is 22.6 Å². The van der Waals surface area contributed by atoms with Gasteiger partial charge in [-0.25, -0.2) is 4.98 Å². The highest BCUT2D eigenvalue weighted by molar-refractivity contribution is 14.1. The topological polar surface area (TPSA) is 38.9 Å². The van der Waals surface area contributed by atoms with Gasteiger partial charge >= 0.3 is 0 Å². The van der Waals surface area contributed by atoms with Crippen LogP contribution in [0.2, 0.25) is 0 Å². The second-order valence-corrected chi connectivity index (χ2v) is 4.79. The fourth-order valence-corrected chi connectivity index (χ4v) is 1.90. The van der Waals surface area contributed by atoms with Gasteiger partial charge < -0.3 is 5.73 Å². The summed E-state index contributed by atoms with van der Waals surface area (Å²) in [6.45, 7) is 2.05. The maximum Gasteiger partial charge on any atom is 0.104 e. The van der Waals surface area contributed by atoms with E-state index in [0.717, 1.165) is 14.8 Å². The molecular weight excluding hydrogens is 311 g/mol. The molecule has 2 aromatic rings. The minimum Gasteiger partial charge on any atom is -0.320 e. The Balaban J connectivity index is 2.34. The molecule has 2 nitrogen and oxygen atoms in total. The molecular formula is C13H13IN2. The zero-order valence-corrected chi connectivity index (χ0v) is 11.2. The molecule has 0 saturated carbocycles. The average molecular weight is 324 g/mol. The molecule has 0 aliphatic rings. The number of nitrogens with zero attached hydrogens (tertiary/aromatic N) is 1. The van der Waals surface area contributed by atoms with E-state index in [2.05, 4.69) is 40.6 Å². The summed E-state index contributed by atoms with van der Waals surface area (Å²) >= 11 is 2.23. The van der Waals surface area contributed by atoms with Gasteiger partial charge in [-0.15, -0.1) is 0 Å². The van der Waals surface area contributed by atoms with Crippen LogP contribution in [-0.2, 0) is 0 Å². The number of halogens is 1. The zero-order chi connectivity index (χ0) is 11.5. The van der Waals surface area contributed by atoms with Gasteiger partial charge in [-0.2, -0.15) is 0 Å². The van der Waals surface area contributed by atoms with E-state index in [-0.39, 0.29) is 6.04 Å². The molecule has 3 heteroatoms. The van der Waals surface area contributed by atoms with Gasteiger partial charge in [-0.05, 0) is 46.2 Å².